The Kier molecular flexibility index (Phi) is 2.87. The summed E-state index contributed by atoms with van der Waals surface area (Å²) in [4.78, 5) is 4.40. The second-order valence-electron chi connectivity index (χ2n) is 2.05. The number of rotatable bonds is 2. The van der Waals surface area contributed by atoms with Gasteiger partial charge in [-0.15, -0.1) is 0 Å². The molecule has 0 radical (unpaired) electrons. The first kappa shape index (κ1) is 8.52. The van der Waals surface area contributed by atoms with E-state index >= 15 is 0 Å². The van der Waals surface area contributed by atoms with E-state index in [1.165, 1.54) is 0 Å². The van der Waals surface area contributed by atoms with Crippen molar-refractivity contribution in [3.63, 3.8) is 0 Å². The molecule has 3 nitrogen and oxygen atoms in total. The quantitative estimate of drug-likeness (QED) is 0.740. The summed E-state index contributed by atoms with van der Waals surface area (Å²) < 4.78 is 0.794. The van der Waals surface area contributed by atoms with E-state index in [0.29, 0.717) is 5.56 Å². The van der Waals surface area contributed by atoms with E-state index in [1.807, 2.05) is 6.07 Å². The maximum atomic E-state index is 9.26. The molecule has 1 rings (SSSR count). The van der Waals surface area contributed by atoms with Gasteiger partial charge in [-0.05, 0) is 12.1 Å². The fourth-order valence-electron chi connectivity index (χ4n) is 0.773. The van der Waals surface area contributed by atoms with E-state index in [2.05, 4.69) is 20.8 Å². The normalized spacial score (nSPS) is 10.0. The summed E-state index contributed by atoms with van der Waals surface area (Å²) in [6.07, 6.45) is 0. The van der Waals surface area contributed by atoms with Crippen LogP contribution in [0, 0.1) is 0 Å². The number of aromatic hydroxyl groups is 1. The van der Waals surface area contributed by atoms with Crippen LogP contribution < -0.4 is 5.90 Å². The fraction of sp³-hybridized carbons (Fsp3) is 0.143. The van der Waals surface area contributed by atoms with Gasteiger partial charge in [-0.2, -0.15) is 0 Å². The van der Waals surface area contributed by atoms with Gasteiger partial charge in [0.2, 0.25) is 0 Å². The van der Waals surface area contributed by atoms with Gasteiger partial charge in [0.05, 0.1) is 6.61 Å². The summed E-state index contributed by atoms with van der Waals surface area (Å²) in [5.74, 6) is 5.05. The summed E-state index contributed by atoms with van der Waals surface area (Å²) in [6, 6.07) is 5.13. The minimum atomic E-state index is 0.185. The molecule has 0 aliphatic heterocycles. The van der Waals surface area contributed by atoms with Gasteiger partial charge in [0, 0.05) is 10.0 Å². The zero-order valence-electron chi connectivity index (χ0n) is 5.75. The van der Waals surface area contributed by atoms with Crippen LogP contribution in [0.2, 0.25) is 0 Å². The van der Waals surface area contributed by atoms with Crippen LogP contribution in [0.15, 0.2) is 22.7 Å². The smallest absolute Gasteiger partial charge is 0.122 e. The molecule has 0 bridgehead atoms. The summed E-state index contributed by atoms with van der Waals surface area (Å²) in [7, 11) is 0. The largest absolute Gasteiger partial charge is 0.508 e. The Morgan fingerprint density at radius 1 is 1.55 bits per heavy atom. The molecular weight excluding hydrogens is 210 g/mol. The lowest BCUT2D eigenvalue weighted by Crippen LogP contribution is -1.99. The second-order valence-corrected chi connectivity index (χ2v) is 2.90. The first-order valence-electron chi connectivity index (χ1n) is 3.03. The monoisotopic (exact) mass is 217 g/mol. The third-order valence-electron chi connectivity index (χ3n) is 1.32. The van der Waals surface area contributed by atoms with Gasteiger partial charge < -0.3 is 5.11 Å². The molecular formula is C7H8BrNO2. The lowest BCUT2D eigenvalue weighted by Gasteiger charge is -2.03. The number of nitrogens with two attached hydrogens (primary N) is 1. The van der Waals surface area contributed by atoms with Crippen molar-refractivity contribution >= 4 is 15.9 Å². The van der Waals surface area contributed by atoms with Crippen molar-refractivity contribution in [3.8, 4) is 5.75 Å². The minimum Gasteiger partial charge on any atom is -0.508 e. The lowest BCUT2D eigenvalue weighted by atomic mass is 10.2. The van der Waals surface area contributed by atoms with Crippen molar-refractivity contribution in [3.05, 3.63) is 28.2 Å². The Hall–Kier alpha value is -0.580. The van der Waals surface area contributed by atoms with Crippen molar-refractivity contribution in [2.45, 2.75) is 6.61 Å². The van der Waals surface area contributed by atoms with E-state index < -0.39 is 0 Å². The van der Waals surface area contributed by atoms with Gasteiger partial charge in [0.1, 0.15) is 5.75 Å². The third kappa shape index (κ3) is 1.92. The van der Waals surface area contributed by atoms with Crippen LogP contribution >= 0.6 is 15.9 Å². The van der Waals surface area contributed by atoms with Gasteiger partial charge in [0.15, 0.2) is 0 Å². The van der Waals surface area contributed by atoms with Crippen LogP contribution in [0.5, 0.6) is 5.75 Å². The number of hydrogen-bond acceptors (Lipinski definition) is 3. The molecule has 1 aromatic carbocycles. The van der Waals surface area contributed by atoms with Crippen molar-refractivity contribution < 1.29 is 9.94 Å². The minimum absolute atomic E-state index is 0.185. The van der Waals surface area contributed by atoms with Crippen molar-refractivity contribution in [1.82, 2.24) is 0 Å². The Bertz CT molecular complexity index is 232. The summed E-state index contributed by atoms with van der Waals surface area (Å²) >= 11 is 3.25. The first-order chi connectivity index (χ1) is 5.25. The SMILES string of the molecule is NOCc1c(O)cccc1Br. The summed E-state index contributed by atoms with van der Waals surface area (Å²) in [5, 5.41) is 9.26. The van der Waals surface area contributed by atoms with Crippen LogP contribution in [-0.2, 0) is 11.4 Å². The standard InChI is InChI=1S/C7H8BrNO2/c8-6-2-1-3-7(10)5(6)4-11-9/h1-3,10H,4,9H2. The number of phenols is 1. The molecule has 0 unspecified atom stereocenters. The molecule has 0 saturated heterocycles. The second kappa shape index (κ2) is 3.71. The van der Waals surface area contributed by atoms with E-state index in [4.69, 9.17) is 5.90 Å². The highest BCUT2D eigenvalue weighted by Gasteiger charge is 2.03. The number of benzene rings is 1. The Morgan fingerprint density at radius 3 is 2.82 bits per heavy atom. The number of phenolic OH excluding ortho intramolecular Hbond substituents is 1. The van der Waals surface area contributed by atoms with Gasteiger partial charge in [-0.25, -0.2) is 5.90 Å². The molecule has 11 heavy (non-hydrogen) atoms. The van der Waals surface area contributed by atoms with Gasteiger partial charge in [-0.1, -0.05) is 22.0 Å². The van der Waals surface area contributed by atoms with E-state index in [0.717, 1.165) is 4.47 Å². The van der Waals surface area contributed by atoms with E-state index in [1.54, 1.807) is 12.1 Å². The predicted molar refractivity (Wildman–Crippen MR) is 44.8 cm³/mol. The predicted octanol–water partition coefficient (Wildman–Crippen LogP) is 1.54. The number of hydrogen-bond donors (Lipinski definition) is 2. The van der Waals surface area contributed by atoms with Crippen LogP contribution in [0.3, 0.4) is 0 Å². The van der Waals surface area contributed by atoms with Crippen LogP contribution in [0.4, 0.5) is 0 Å². The average molecular weight is 218 g/mol. The fourth-order valence-corrected chi connectivity index (χ4v) is 1.24. The lowest BCUT2D eigenvalue weighted by molar-refractivity contribution is 0.121. The molecule has 0 amide bonds. The van der Waals surface area contributed by atoms with Gasteiger partial charge in [0.25, 0.3) is 0 Å². The average Bonchev–Trinajstić information content (AvgIpc) is 1.97. The Balaban J connectivity index is 3.00. The van der Waals surface area contributed by atoms with Crippen LogP contribution in [-0.4, -0.2) is 5.11 Å². The van der Waals surface area contributed by atoms with E-state index in [9.17, 15) is 5.11 Å². The molecule has 0 saturated carbocycles. The Morgan fingerprint density at radius 2 is 2.27 bits per heavy atom. The maximum Gasteiger partial charge on any atom is 0.122 e. The highest BCUT2D eigenvalue weighted by molar-refractivity contribution is 9.10. The maximum absolute atomic E-state index is 9.26. The topological polar surface area (TPSA) is 55.5 Å². The zero-order valence-corrected chi connectivity index (χ0v) is 7.34. The highest BCUT2D eigenvalue weighted by Crippen LogP contribution is 2.25. The molecule has 0 heterocycles. The van der Waals surface area contributed by atoms with Gasteiger partial charge in [-0.3, -0.25) is 4.84 Å². The van der Waals surface area contributed by atoms with Crippen LogP contribution in [0.1, 0.15) is 5.56 Å². The van der Waals surface area contributed by atoms with Crippen molar-refractivity contribution in [2.24, 2.45) is 5.90 Å². The molecule has 3 N–H and O–H groups in total. The summed E-state index contributed by atoms with van der Waals surface area (Å²) in [5.41, 5.74) is 0.662. The van der Waals surface area contributed by atoms with Crippen molar-refractivity contribution in [1.29, 1.82) is 0 Å². The molecule has 0 aliphatic rings. The van der Waals surface area contributed by atoms with Crippen LogP contribution in [0.25, 0.3) is 0 Å². The summed E-state index contributed by atoms with van der Waals surface area (Å²) in [6.45, 7) is 0.202. The molecule has 0 aromatic heterocycles. The molecule has 4 heteroatoms. The molecule has 60 valence electrons. The third-order valence-corrected chi connectivity index (χ3v) is 2.06. The molecule has 0 aliphatic carbocycles. The highest BCUT2D eigenvalue weighted by atomic mass is 79.9. The molecule has 0 spiro atoms. The van der Waals surface area contributed by atoms with E-state index in [-0.39, 0.29) is 12.4 Å². The Labute approximate surface area is 72.9 Å². The van der Waals surface area contributed by atoms with Gasteiger partial charge >= 0.3 is 0 Å². The molecule has 1 aromatic rings. The van der Waals surface area contributed by atoms with Crippen molar-refractivity contribution in [2.75, 3.05) is 0 Å². The molecule has 0 fully saturated rings. The number of halogens is 1. The first-order valence-corrected chi connectivity index (χ1v) is 3.83. The zero-order chi connectivity index (χ0) is 8.27. The molecule has 0 atom stereocenters.